The molecule has 0 radical (unpaired) electrons. The van der Waals surface area contributed by atoms with Crippen LogP contribution in [-0.4, -0.2) is 26.6 Å². The Labute approximate surface area is 165 Å². The number of rotatable bonds is 6. The van der Waals surface area contributed by atoms with Crippen molar-refractivity contribution in [1.29, 1.82) is 0 Å². The van der Waals surface area contributed by atoms with Gasteiger partial charge in [0.25, 0.3) is 0 Å². The third-order valence-electron chi connectivity index (χ3n) is 3.38. The molecule has 0 saturated heterocycles. The molecule has 3 aromatic rings. The highest BCUT2D eigenvalue weighted by Crippen LogP contribution is 2.21. The van der Waals surface area contributed by atoms with Crippen molar-refractivity contribution in [2.75, 3.05) is 5.75 Å². The number of pyridine rings is 1. The van der Waals surface area contributed by atoms with Gasteiger partial charge in [-0.25, -0.2) is 9.97 Å². The molecule has 0 aliphatic heterocycles. The Morgan fingerprint density at radius 2 is 1.92 bits per heavy atom. The van der Waals surface area contributed by atoms with Gasteiger partial charge in [-0.05, 0) is 35.9 Å². The number of carbonyl (C=O) groups is 1. The first-order valence-electron chi connectivity index (χ1n) is 7.70. The summed E-state index contributed by atoms with van der Waals surface area (Å²) in [5.74, 6) is 0.0736. The number of thioether (sulfide) groups is 1. The first-order chi connectivity index (χ1) is 12.6. The molecular formula is C18H14Cl2N4OS. The third-order valence-corrected chi connectivity index (χ3v) is 4.83. The van der Waals surface area contributed by atoms with E-state index in [1.54, 1.807) is 36.7 Å². The Kier molecular flexibility index (Phi) is 6.44. The maximum atomic E-state index is 12.1. The van der Waals surface area contributed by atoms with Crippen molar-refractivity contribution in [3.05, 3.63) is 70.5 Å². The molecule has 8 heteroatoms. The van der Waals surface area contributed by atoms with Gasteiger partial charge in [0.05, 0.1) is 17.1 Å². The maximum Gasteiger partial charge on any atom is 0.230 e. The van der Waals surface area contributed by atoms with Crippen LogP contribution in [-0.2, 0) is 11.3 Å². The quantitative estimate of drug-likeness (QED) is 0.491. The zero-order valence-electron chi connectivity index (χ0n) is 13.5. The van der Waals surface area contributed by atoms with E-state index in [4.69, 9.17) is 23.2 Å². The molecule has 0 saturated carbocycles. The standard InChI is InChI=1S/C18H14Cl2N4OS/c19-13-5-4-12(14(20)9-13)10-23-17(25)11-26-18-22-8-6-16(24-18)15-3-1-2-7-21-15/h1-9H,10-11H2,(H,23,25). The molecular weight excluding hydrogens is 391 g/mol. The maximum absolute atomic E-state index is 12.1. The lowest BCUT2D eigenvalue weighted by Gasteiger charge is -2.07. The summed E-state index contributed by atoms with van der Waals surface area (Å²) >= 11 is 13.2. The molecule has 2 aromatic heterocycles. The first kappa shape index (κ1) is 18.6. The number of amides is 1. The smallest absolute Gasteiger partial charge is 0.230 e. The highest BCUT2D eigenvalue weighted by Gasteiger charge is 2.08. The Bertz CT molecular complexity index is 909. The lowest BCUT2D eigenvalue weighted by molar-refractivity contribution is -0.118. The average molecular weight is 405 g/mol. The van der Waals surface area contributed by atoms with Gasteiger partial charge < -0.3 is 5.32 Å². The van der Waals surface area contributed by atoms with E-state index in [1.165, 1.54) is 11.8 Å². The highest BCUT2D eigenvalue weighted by atomic mass is 35.5. The highest BCUT2D eigenvalue weighted by molar-refractivity contribution is 7.99. The van der Waals surface area contributed by atoms with Crippen LogP contribution in [0.15, 0.2) is 60.0 Å². The lowest BCUT2D eigenvalue weighted by Crippen LogP contribution is -2.24. The van der Waals surface area contributed by atoms with Gasteiger partial charge in [-0.1, -0.05) is 47.1 Å². The van der Waals surface area contributed by atoms with Crippen LogP contribution < -0.4 is 5.32 Å². The SMILES string of the molecule is O=C(CSc1nccc(-c2ccccn2)n1)NCc1ccc(Cl)cc1Cl. The van der Waals surface area contributed by atoms with E-state index in [1.807, 2.05) is 18.2 Å². The van der Waals surface area contributed by atoms with E-state index in [0.717, 1.165) is 17.0 Å². The van der Waals surface area contributed by atoms with Crippen LogP contribution in [0.5, 0.6) is 0 Å². The van der Waals surface area contributed by atoms with Crippen molar-refractivity contribution in [2.45, 2.75) is 11.7 Å². The van der Waals surface area contributed by atoms with Crippen molar-refractivity contribution in [1.82, 2.24) is 20.3 Å². The van der Waals surface area contributed by atoms with Gasteiger partial charge in [-0.3, -0.25) is 9.78 Å². The second kappa shape index (κ2) is 8.98. The van der Waals surface area contributed by atoms with Crippen LogP contribution in [0.3, 0.4) is 0 Å². The molecule has 1 N–H and O–H groups in total. The lowest BCUT2D eigenvalue weighted by atomic mass is 10.2. The van der Waals surface area contributed by atoms with Gasteiger partial charge in [0.2, 0.25) is 5.91 Å². The Morgan fingerprint density at radius 3 is 2.69 bits per heavy atom. The number of nitrogens with zero attached hydrogens (tertiary/aromatic N) is 3. The minimum absolute atomic E-state index is 0.132. The molecule has 0 atom stereocenters. The monoisotopic (exact) mass is 404 g/mol. The summed E-state index contributed by atoms with van der Waals surface area (Å²) in [4.78, 5) is 24.9. The van der Waals surface area contributed by atoms with Crippen LogP contribution in [0, 0.1) is 0 Å². The van der Waals surface area contributed by atoms with Gasteiger partial charge in [0.15, 0.2) is 5.16 Å². The number of benzene rings is 1. The predicted octanol–water partition coefficient (Wildman–Crippen LogP) is 4.25. The molecule has 0 aliphatic carbocycles. The molecule has 0 fully saturated rings. The molecule has 0 spiro atoms. The number of halogens is 2. The Balaban J connectivity index is 1.55. The molecule has 1 aromatic carbocycles. The van der Waals surface area contributed by atoms with Crippen LogP contribution >= 0.6 is 35.0 Å². The third kappa shape index (κ3) is 5.17. The summed E-state index contributed by atoms with van der Waals surface area (Å²) in [6.45, 7) is 0.338. The molecule has 5 nitrogen and oxygen atoms in total. The minimum atomic E-state index is -0.132. The summed E-state index contributed by atoms with van der Waals surface area (Å²) in [7, 11) is 0. The predicted molar refractivity (Wildman–Crippen MR) is 104 cm³/mol. The Hall–Kier alpha value is -2.15. The molecule has 132 valence electrons. The van der Waals surface area contributed by atoms with E-state index in [9.17, 15) is 4.79 Å². The van der Waals surface area contributed by atoms with Gasteiger partial charge in [0.1, 0.15) is 0 Å². The summed E-state index contributed by atoms with van der Waals surface area (Å²) in [6.07, 6.45) is 3.37. The van der Waals surface area contributed by atoms with Gasteiger partial charge in [-0.15, -0.1) is 0 Å². The minimum Gasteiger partial charge on any atom is -0.351 e. The van der Waals surface area contributed by atoms with Crippen molar-refractivity contribution in [3.8, 4) is 11.4 Å². The number of nitrogens with one attached hydrogen (secondary N) is 1. The zero-order chi connectivity index (χ0) is 18.4. The summed E-state index contributed by atoms with van der Waals surface area (Å²) < 4.78 is 0. The fraction of sp³-hybridized carbons (Fsp3) is 0.111. The normalized spacial score (nSPS) is 10.5. The number of hydrogen-bond acceptors (Lipinski definition) is 5. The molecule has 1 amide bonds. The molecule has 0 unspecified atom stereocenters. The van der Waals surface area contributed by atoms with Crippen molar-refractivity contribution in [2.24, 2.45) is 0 Å². The summed E-state index contributed by atoms with van der Waals surface area (Å²) in [6, 6.07) is 12.6. The summed E-state index contributed by atoms with van der Waals surface area (Å²) in [5.41, 5.74) is 2.29. The number of hydrogen-bond donors (Lipinski definition) is 1. The van der Waals surface area contributed by atoms with Crippen LogP contribution in [0.4, 0.5) is 0 Å². The Morgan fingerprint density at radius 1 is 1.04 bits per heavy atom. The van der Waals surface area contributed by atoms with Gasteiger partial charge in [0, 0.05) is 29.0 Å². The van der Waals surface area contributed by atoms with E-state index >= 15 is 0 Å². The van der Waals surface area contributed by atoms with Gasteiger partial charge >= 0.3 is 0 Å². The molecule has 3 rings (SSSR count). The van der Waals surface area contributed by atoms with E-state index in [0.29, 0.717) is 21.7 Å². The fourth-order valence-corrected chi connectivity index (χ4v) is 3.24. The topological polar surface area (TPSA) is 67.8 Å². The van der Waals surface area contributed by atoms with Crippen molar-refractivity contribution < 1.29 is 4.79 Å². The van der Waals surface area contributed by atoms with Crippen LogP contribution in [0.1, 0.15) is 5.56 Å². The second-order valence-electron chi connectivity index (χ2n) is 5.24. The molecule has 26 heavy (non-hydrogen) atoms. The van der Waals surface area contributed by atoms with Crippen molar-refractivity contribution >= 4 is 40.9 Å². The second-order valence-corrected chi connectivity index (χ2v) is 7.03. The van der Waals surface area contributed by atoms with E-state index < -0.39 is 0 Å². The number of carbonyl (C=O) groups excluding carboxylic acids is 1. The average Bonchev–Trinajstić information content (AvgIpc) is 2.66. The van der Waals surface area contributed by atoms with Gasteiger partial charge in [-0.2, -0.15) is 0 Å². The van der Waals surface area contributed by atoms with Crippen LogP contribution in [0.2, 0.25) is 10.0 Å². The zero-order valence-corrected chi connectivity index (χ0v) is 15.9. The fourth-order valence-electron chi connectivity index (χ4n) is 2.11. The van der Waals surface area contributed by atoms with Crippen molar-refractivity contribution in [3.63, 3.8) is 0 Å². The first-order valence-corrected chi connectivity index (χ1v) is 9.44. The molecule has 2 heterocycles. The summed E-state index contributed by atoms with van der Waals surface area (Å²) in [5, 5.41) is 4.43. The molecule has 0 aliphatic rings. The van der Waals surface area contributed by atoms with E-state index in [2.05, 4.69) is 20.3 Å². The van der Waals surface area contributed by atoms with E-state index in [-0.39, 0.29) is 11.7 Å². The number of aromatic nitrogens is 3. The largest absolute Gasteiger partial charge is 0.351 e. The van der Waals surface area contributed by atoms with Crippen LogP contribution in [0.25, 0.3) is 11.4 Å². The molecule has 0 bridgehead atoms.